The summed E-state index contributed by atoms with van der Waals surface area (Å²) in [5.41, 5.74) is 2.29. The number of para-hydroxylation sites is 1. The summed E-state index contributed by atoms with van der Waals surface area (Å²) in [6.07, 6.45) is 1.48. The Kier molecular flexibility index (Phi) is 9.58. The van der Waals surface area contributed by atoms with Crippen molar-refractivity contribution < 1.29 is 23.9 Å². The van der Waals surface area contributed by atoms with E-state index in [1.54, 1.807) is 23.8 Å². The minimum Gasteiger partial charge on any atom is -0.496 e. The summed E-state index contributed by atoms with van der Waals surface area (Å²) in [6.45, 7) is 9.45. The van der Waals surface area contributed by atoms with Crippen LogP contribution in [0.4, 0.5) is 10.5 Å². The number of aryl methyl sites for hydroxylation is 1. The van der Waals surface area contributed by atoms with Gasteiger partial charge in [-0.2, -0.15) is 0 Å². The van der Waals surface area contributed by atoms with Gasteiger partial charge >= 0.3 is 6.09 Å². The summed E-state index contributed by atoms with van der Waals surface area (Å²) >= 11 is 6.42. The van der Waals surface area contributed by atoms with Crippen LogP contribution in [0.3, 0.4) is 0 Å². The normalized spacial score (nSPS) is 20.9. The molecule has 5 rings (SSSR count). The Hall–Kier alpha value is -3.30. The predicted octanol–water partition coefficient (Wildman–Crippen LogP) is 4.71. The second-order valence-electron chi connectivity index (χ2n) is 11.7. The van der Waals surface area contributed by atoms with Crippen LogP contribution in [0.25, 0.3) is 0 Å². The van der Waals surface area contributed by atoms with Gasteiger partial charge in [0.25, 0.3) is 5.91 Å². The molecule has 42 heavy (non-hydrogen) atoms. The van der Waals surface area contributed by atoms with Crippen molar-refractivity contribution in [2.24, 2.45) is 11.8 Å². The molecule has 2 atom stereocenters. The summed E-state index contributed by atoms with van der Waals surface area (Å²) in [5.74, 6) is 1.59. The first-order chi connectivity index (χ1) is 20.2. The molecule has 9 nitrogen and oxygen atoms in total. The van der Waals surface area contributed by atoms with Crippen LogP contribution in [0.1, 0.15) is 42.1 Å². The Morgan fingerprint density at radius 1 is 0.976 bits per heavy atom. The van der Waals surface area contributed by atoms with Crippen molar-refractivity contribution in [3.63, 3.8) is 0 Å². The minimum absolute atomic E-state index is 0.0336. The molecule has 3 aliphatic heterocycles. The molecule has 3 saturated heterocycles. The number of carbonyl (C=O) groups is 3. The molecule has 2 aromatic carbocycles. The number of nitrogens with zero attached hydrogens (tertiary/aromatic N) is 4. The molecule has 3 amide bonds. The molecule has 0 saturated carbocycles. The zero-order chi connectivity index (χ0) is 29.8. The van der Waals surface area contributed by atoms with E-state index in [1.807, 2.05) is 54.3 Å². The van der Waals surface area contributed by atoms with Crippen LogP contribution in [0.2, 0.25) is 5.02 Å². The highest BCUT2D eigenvalue weighted by Gasteiger charge is 2.42. The molecule has 0 bridgehead atoms. The number of amides is 3. The van der Waals surface area contributed by atoms with Gasteiger partial charge in [0.15, 0.2) is 0 Å². The standard InChI is InChI=1S/C32H41ClN4O5/c1-22-9-10-26(17-29(22)33)37(32(40)42-27-11-15-35(16-12-27)23(2)38)14-6-13-34-18-24-20-36(21-25(24)19-34)31(39)28-7-4-5-8-30(28)41-3/h4-5,7-10,17,24-25,27H,6,11-16,18-21H2,1-3H3. The highest BCUT2D eigenvalue weighted by molar-refractivity contribution is 6.31. The van der Waals surface area contributed by atoms with E-state index in [4.69, 9.17) is 21.1 Å². The third-order valence-corrected chi connectivity index (χ3v) is 9.29. The lowest BCUT2D eigenvalue weighted by atomic mass is 10.0. The van der Waals surface area contributed by atoms with Gasteiger partial charge in [-0.3, -0.25) is 14.5 Å². The van der Waals surface area contributed by atoms with E-state index in [2.05, 4.69) is 4.90 Å². The fourth-order valence-corrected chi connectivity index (χ4v) is 6.63. The predicted molar refractivity (Wildman–Crippen MR) is 162 cm³/mol. The van der Waals surface area contributed by atoms with Gasteiger partial charge in [0.1, 0.15) is 11.9 Å². The quantitative estimate of drug-likeness (QED) is 0.439. The monoisotopic (exact) mass is 596 g/mol. The van der Waals surface area contributed by atoms with E-state index in [9.17, 15) is 14.4 Å². The van der Waals surface area contributed by atoms with Crippen LogP contribution < -0.4 is 9.64 Å². The maximum atomic E-state index is 13.4. The molecule has 0 N–H and O–H groups in total. The maximum absolute atomic E-state index is 13.4. The van der Waals surface area contributed by atoms with Crippen molar-refractivity contribution in [1.29, 1.82) is 0 Å². The number of likely N-dealkylation sites (tertiary alicyclic amines) is 3. The number of carbonyl (C=O) groups excluding carboxylic acids is 3. The number of anilines is 1. The molecule has 226 valence electrons. The fourth-order valence-electron chi connectivity index (χ4n) is 6.45. The van der Waals surface area contributed by atoms with Crippen molar-refractivity contribution in [3.05, 3.63) is 58.6 Å². The molecular formula is C32H41ClN4O5. The van der Waals surface area contributed by atoms with E-state index in [0.717, 1.165) is 50.4 Å². The van der Waals surface area contributed by atoms with Gasteiger partial charge in [0, 0.05) is 76.3 Å². The molecule has 0 radical (unpaired) electrons. The molecule has 0 aromatic heterocycles. The lowest BCUT2D eigenvalue weighted by molar-refractivity contribution is -0.130. The van der Waals surface area contributed by atoms with Crippen LogP contribution >= 0.6 is 11.6 Å². The van der Waals surface area contributed by atoms with E-state index >= 15 is 0 Å². The molecule has 2 aromatic rings. The number of methoxy groups -OCH3 is 1. The topological polar surface area (TPSA) is 82.6 Å². The lowest BCUT2D eigenvalue weighted by Crippen LogP contribution is -2.43. The Balaban J connectivity index is 1.14. The number of hydrogen-bond acceptors (Lipinski definition) is 6. The SMILES string of the molecule is COc1ccccc1C(=O)N1CC2CN(CCCN(C(=O)OC3CCN(C(C)=O)CC3)c3ccc(C)c(Cl)c3)CC2C1. The number of benzene rings is 2. The number of fused-ring (bicyclic) bond motifs is 1. The molecule has 2 unspecified atom stereocenters. The molecule has 3 heterocycles. The summed E-state index contributed by atoms with van der Waals surface area (Å²) in [4.78, 5) is 46.1. The number of hydrogen-bond donors (Lipinski definition) is 0. The third-order valence-electron chi connectivity index (χ3n) is 8.88. The Morgan fingerprint density at radius 3 is 2.31 bits per heavy atom. The van der Waals surface area contributed by atoms with E-state index < -0.39 is 0 Å². The van der Waals surface area contributed by atoms with Crippen LogP contribution in [0.5, 0.6) is 5.75 Å². The molecule has 3 aliphatic rings. The first kappa shape index (κ1) is 30.2. The van der Waals surface area contributed by atoms with Crippen LogP contribution in [-0.4, -0.2) is 98.2 Å². The number of rotatable bonds is 8. The van der Waals surface area contributed by atoms with Crippen LogP contribution in [0, 0.1) is 18.8 Å². The van der Waals surface area contributed by atoms with E-state index in [-0.39, 0.29) is 24.0 Å². The van der Waals surface area contributed by atoms with Gasteiger partial charge in [-0.15, -0.1) is 0 Å². The number of ether oxygens (including phenoxy) is 2. The Morgan fingerprint density at radius 2 is 1.67 bits per heavy atom. The molecule has 3 fully saturated rings. The van der Waals surface area contributed by atoms with Crippen LogP contribution in [0.15, 0.2) is 42.5 Å². The maximum Gasteiger partial charge on any atom is 0.414 e. The summed E-state index contributed by atoms with van der Waals surface area (Å²) < 4.78 is 11.3. The zero-order valence-corrected chi connectivity index (χ0v) is 25.5. The largest absolute Gasteiger partial charge is 0.496 e. The van der Waals surface area contributed by atoms with Crippen molar-refractivity contribution in [2.75, 3.05) is 64.4 Å². The van der Waals surface area contributed by atoms with Gasteiger partial charge in [0.2, 0.25) is 5.91 Å². The van der Waals surface area contributed by atoms with Crippen molar-refractivity contribution in [1.82, 2.24) is 14.7 Å². The number of halogens is 1. The first-order valence-electron chi connectivity index (χ1n) is 14.9. The molecule has 0 aliphatic carbocycles. The van der Waals surface area contributed by atoms with E-state index in [0.29, 0.717) is 60.6 Å². The highest BCUT2D eigenvalue weighted by Crippen LogP contribution is 2.33. The second-order valence-corrected chi connectivity index (χ2v) is 12.1. The second kappa shape index (κ2) is 13.3. The van der Waals surface area contributed by atoms with Gasteiger partial charge in [-0.05, 0) is 61.6 Å². The summed E-state index contributed by atoms with van der Waals surface area (Å²) in [6, 6.07) is 13.1. The lowest BCUT2D eigenvalue weighted by Gasteiger charge is -2.32. The molecule has 10 heteroatoms. The zero-order valence-electron chi connectivity index (χ0n) is 24.8. The average Bonchev–Trinajstić information content (AvgIpc) is 3.56. The van der Waals surface area contributed by atoms with Crippen LogP contribution in [-0.2, 0) is 9.53 Å². The minimum atomic E-state index is -0.375. The average molecular weight is 597 g/mol. The molecule has 0 spiro atoms. The van der Waals surface area contributed by atoms with Crippen molar-refractivity contribution >= 4 is 35.2 Å². The molecular weight excluding hydrogens is 556 g/mol. The van der Waals surface area contributed by atoms with Crippen molar-refractivity contribution in [3.8, 4) is 5.75 Å². The van der Waals surface area contributed by atoms with Crippen molar-refractivity contribution in [2.45, 2.75) is 39.2 Å². The summed E-state index contributed by atoms with van der Waals surface area (Å²) in [5, 5.41) is 0.611. The van der Waals surface area contributed by atoms with E-state index in [1.165, 1.54) is 0 Å². The fraction of sp³-hybridized carbons (Fsp3) is 0.531. The van der Waals surface area contributed by atoms with Gasteiger partial charge < -0.3 is 24.2 Å². The van der Waals surface area contributed by atoms with Gasteiger partial charge in [-0.1, -0.05) is 29.8 Å². The first-order valence-corrected chi connectivity index (χ1v) is 15.3. The third kappa shape index (κ3) is 6.84. The number of piperidine rings is 1. The summed E-state index contributed by atoms with van der Waals surface area (Å²) in [7, 11) is 1.59. The Bertz CT molecular complexity index is 1280. The highest BCUT2D eigenvalue weighted by atomic mass is 35.5. The Labute approximate surface area is 253 Å². The van der Waals surface area contributed by atoms with Gasteiger partial charge in [0.05, 0.1) is 12.7 Å². The smallest absolute Gasteiger partial charge is 0.414 e. The van der Waals surface area contributed by atoms with Gasteiger partial charge in [-0.25, -0.2) is 4.79 Å².